The molecule has 0 amide bonds. The fraction of sp³-hybridized carbons (Fsp3) is 0.0909. The SMILES string of the molecule is Nc1nccnc1SCc1cc(Br)ccc1F. The normalized spacial score (nSPS) is 10.5. The number of aromatic nitrogens is 2. The van der Waals surface area contributed by atoms with Crippen molar-refractivity contribution in [2.24, 2.45) is 0 Å². The first kappa shape index (κ1) is 12.3. The predicted molar refractivity (Wildman–Crippen MR) is 70.1 cm³/mol. The van der Waals surface area contributed by atoms with Crippen LogP contribution in [0.2, 0.25) is 0 Å². The zero-order chi connectivity index (χ0) is 12.3. The van der Waals surface area contributed by atoms with Crippen molar-refractivity contribution in [1.82, 2.24) is 9.97 Å². The molecule has 1 heterocycles. The summed E-state index contributed by atoms with van der Waals surface area (Å²) in [6, 6.07) is 4.84. The molecule has 0 aliphatic rings. The van der Waals surface area contributed by atoms with Gasteiger partial charge in [0.05, 0.1) is 0 Å². The van der Waals surface area contributed by atoms with E-state index >= 15 is 0 Å². The minimum atomic E-state index is -0.233. The molecule has 0 saturated carbocycles. The second kappa shape index (κ2) is 5.46. The lowest BCUT2D eigenvalue weighted by Gasteiger charge is -2.04. The lowest BCUT2D eigenvalue weighted by Crippen LogP contribution is -1.95. The van der Waals surface area contributed by atoms with Gasteiger partial charge in [-0.15, -0.1) is 0 Å². The van der Waals surface area contributed by atoms with E-state index in [0.29, 0.717) is 22.2 Å². The summed E-state index contributed by atoms with van der Waals surface area (Å²) in [6.45, 7) is 0. The predicted octanol–water partition coefficient (Wildman–Crippen LogP) is 3.25. The summed E-state index contributed by atoms with van der Waals surface area (Å²) < 4.78 is 14.3. The quantitative estimate of drug-likeness (QED) is 0.884. The Balaban J connectivity index is 2.12. The summed E-state index contributed by atoms with van der Waals surface area (Å²) in [5, 5.41) is 0.617. The zero-order valence-corrected chi connectivity index (χ0v) is 11.1. The molecule has 88 valence electrons. The molecule has 0 unspecified atom stereocenters. The molecule has 6 heteroatoms. The molecule has 0 bridgehead atoms. The van der Waals surface area contributed by atoms with Crippen LogP contribution >= 0.6 is 27.7 Å². The van der Waals surface area contributed by atoms with Crippen LogP contribution < -0.4 is 5.73 Å². The molecule has 17 heavy (non-hydrogen) atoms. The van der Waals surface area contributed by atoms with Crippen LogP contribution in [0.3, 0.4) is 0 Å². The Morgan fingerprint density at radius 1 is 1.29 bits per heavy atom. The molecule has 1 aromatic heterocycles. The van der Waals surface area contributed by atoms with Crippen LogP contribution in [-0.4, -0.2) is 9.97 Å². The van der Waals surface area contributed by atoms with E-state index in [1.807, 2.05) is 0 Å². The van der Waals surface area contributed by atoms with Gasteiger partial charge >= 0.3 is 0 Å². The maximum Gasteiger partial charge on any atom is 0.156 e. The van der Waals surface area contributed by atoms with Crippen LogP contribution in [0.5, 0.6) is 0 Å². The summed E-state index contributed by atoms with van der Waals surface area (Å²) >= 11 is 4.67. The highest BCUT2D eigenvalue weighted by Crippen LogP contribution is 2.26. The van der Waals surface area contributed by atoms with Crippen LogP contribution in [0.4, 0.5) is 10.2 Å². The molecule has 0 atom stereocenters. The number of thioether (sulfide) groups is 1. The van der Waals surface area contributed by atoms with Crippen LogP contribution in [0, 0.1) is 5.82 Å². The second-order valence-corrected chi connectivity index (χ2v) is 5.15. The molecular weight excluding hydrogens is 305 g/mol. The molecule has 1 aromatic carbocycles. The Bertz CT molecular complexity index is 536. The molecule has 2 N–H and O–H groups in total. The standard InChI is InChI=1S/C11H9BrFN3S/c12-8-1-2-9(13)7(5-8)6-17-11-10(14)15-3-4-16-11/h1-5H,6H2,(H2,14,15). The lowest BCUT2D eigenvalue weighted by molar-refractivity contribution is 0.617. The molecule has 3 nitrogen and oxygen atoms in total. The molecule has 0 fully saturated rings. The Morgan fingerprint density at radius 3 is 2.82 bits per heavy atom. The lowest BCUT2D eigenvalue weighted by atomic mass is 10.2. The third kappa shape index (κ3) is 3.17. The maximum atomic E-state index is 13.5. The van der Waals surface area contributed by atoms with E-state index < -0.39 is 0 Å². The summed E-state index contributed by atoms with van der Waals surface area (Å²) in [5.74, 6) is 0.602. The van der Waals surface area contributed by atoms with Crippen LogP contribution in [0.15, 0.2) is 40.1 Å². The van der Waals surface area contributed by atoms with Crippen molar-refractivity contribution < 1.29 is 4.39 Å². The van der Waals surface area contributed by atoms with Crippen molar-refractivity contribution in [3.05, 3.63) is 46.4 Å². The van der Waals surface area contributed by atoms with E-state index in [1.165, 1.54) is 24.0 Å². The minimum absolute atomic E-state index is 0.233. The van der Waals surface area contributed by atoms with E-state index in [2.05, 4.69) is 25.9 Å². The molecule has 0 saturated heterocycles. The summed E-state index contributed by atoms with van der Waals surface area (Å²) in [6.07, 6.45) is 3.09. The number of hydrogen-bond donors (Lipinski definition) is 1. The van der Waals surface area contributed by atoms with Gasteiger partial charge in [-0.25, -0.2) is 14.4 Å². The van der Waals surface area contributed by atoms with E-state index in [1.54, 1.807) is 18.3 Å². The van der Waals surface area contributed by atoms with Crippen molar-refractivity contribution in [1.29, 1.82) is 0 Å². The van der Waals surface area contributed by atoms with Gasteiger partial charge in [-0.3, -0.25) is 0 Å². The number of nitrogens with zero attached hydrogens (tertiary/aromatic N) is 2. The van der Waals surface area contributed by atoms with Gasteiger partial charge < -0.3 is 5.73 Å². The first-order valence-electron chi connectivity index (χ1n) is 4.80. The average Bonchev–Trinajstić information content (AvgIpc) is 2.32. The largest absolute Gasteiger partial charge is 0.381 e. The van der Waals surface area contributed by atoms with Gasteiger partial charge in [0.1, 0.15) is 10.8 Å². The van der Waals surface area contributed by atoms with E-state index in [-0.39, 0.29) is 5.82 Å². The third-order valence-corrected chi connectivity index (χ3v) is 3.60. The van der Waals surface area contributed by atoms with Gasteiger partial charge in [0.15, 0.2) is 5.82 Å². The maximum absolute atomic E-state index is 13.5. The highest BCUT2D eigenvalue weighted by Gasteiger charge is 2.06. The molecule has 0 spiro atoms. The summed E-state index contributed by atoms with van der Waals surface area (Å²) in [5.41, 5.74) is 6.26. The van der Waals surface area contributed by atoms with E-state index in [4.69, 9.17) is 5.73 Å². The summed E-state index contributed by atoms with van der Waals surface area (Å²) in [4.78, 5) is 8.01. The Morgan fingerprint density at radius 2 is 2.06 bits per heavy atom. The van der Waals surface area contributed by atoms with Gasteiger partial charge in [0.2, 0.25) is 0 Å². The number of nitrogen functional groups attached to an aromatic ring is 1. The fourth-order valence-electron chi connectivity index (χ4n) is 1.25. The van der Waals surface area contributed by atoms with Crippen molar-refractivity contribution in [3.63, 3.8) is 0 Å². The van der Waals surface area contributed by atoms with Crippen molar-refractivity contribution in [2.75, 3.05) is 5.73 Å². The Kier molecular flexibility index (Phi) is 3.96. The number of anilines is 1. The summed E-state index contributed by atoms with van der Waals surface area (Å²) in [7, 11) is 0. The van der Waals surface area contributed by atoms with E-state index in [9.17, 15) is 4.39 Å². The smallest absolute Gasteiger partial charge is 0.156 e. The second-order valence-electron chi connectivity index (χ2n) is 3.27. The zero-order valence-electron chi connectivity index (χ0n) is 8.73. The topological polar surface area (TPSA) is 51.8 Å². The van der Waals surface area contributed by atoms with Crippen molar-refractivity contribution >= 4 is 33.5 Å². The van der Waals surface area contributed by atoms with Gasteiger partial charge in [0, 0.05) is 22.6 Å². The Hall–Kier alpha value is -1.14. The first-order chi connectivity index (χ1) is 8.16. The molecular formula is C11H9BrFN3S. The van der Waals surface area contributed by atoms with Crippen molar-refractivity contribution in [3.8, 4) is 0 Å². The third-order valence-electron chi connectivity index (χ3n) is 2.06. The molecule has 0 radical (unpaired) electrons. The van der Waals surface area contributed by atoms with Gasteiger partial charge in [-0.2, -0.15) is 0 Å². The van der Waals surface area contributed by atoms with Crippen molar-refractivity contribution in [2.45, 2.75) is 10.8 Å². The van der Waals surface area contributed by atoms with E-state index in [0.717, 1.165) is 4.47 Å². The molecule has 2 aromatic rings. The molecule has 2 rings (SSSR count). The first-order valence-corrected chi connectivity index (χ1v) is 6.58. The molecule has 0 aliphatic heterocycles. The van der Waals surface area contributed by atoms with Crippen LogP contribution in [-0.2, 0) is 5.75 Å². The van der Waals surface area contributed by atoms with Gasteiger partial charge in [0.25, 0.3) is 0 Å². The Labute approximate surface area is 111 Å². The number of rotatable bonds is 3. The van der Waals surface area contributed by atoms with Gasteiger partial charge in [-0.1, -0.05) is 27.7 Å². The monoisotopic (exact) mass is 313 g/mol. The number of halogens is 2. The average molecular weight is 314 g/mol. The number of benzene rings is 1. The van der Waals surface area contributed by atoms with Crippen LogP contribution in [0.25, 0.3) is 0 Å². The minimum Gasteiger partial charge on any atom is -0.381 e. The molecule has 0 aliphatic carbocycles. The van der Waals surface area contributed by atoms with Crippen LogP contribution in [0.1, 0.15) is 5.56 Å². The fourth-order valence-corrected chi connectivity index (χ4v) is 2.51. The number of nitrogens with two attached hydrogens (primary N) is 1. The van der Waals surface area contributed by atoms with Gasteiger partial charge in [-0.05, 0) is 23.8 Å². The number of hydrogen-bond acceptors (Lipinski definition) is 4. The highest BCUT2D eigenvalue weighted by molar-refractivity contribution is 9.10. The highest BCUT2D eigenvalue weighted by atomic mass is 79.9.